The fourth-order valence-electron chi connectivity index (χ4n) is 3.33. The van der Waals surface area contributed by atoms with Crippen molar-refractivity contribution in [3.05, 3.63) is 59.7 Å². The van der Waals surface area contributed by atoms with Gasteiger partial charge in [0, 0.05) is 30.9 Å². The number of hydrogen-bond acceptors (Lipinski definition) is 3. The number of thiocarbonyl (C=S) groups is 1. The second-order valence-electron chi connectivity index (χ2n) is 7.55. The van der Waals surface area contributed by atoms with Crippen molar-refractivity contribution in [1.29, 1.82) is 0 Å². The third kappa shape index (κ3) is 6.46. The number of nitrogens with one attached hydrogen (secondary N) is 2. The summed E-state index contributed by atoms with van der Waals surface area (Å²) >= 11 is 5.40. The minimum atomic E-state index is 0.112. The normalized spacial score (nSPS) is 13.8. The second kappa shape index (κ2) is 10.3. The molecule has 29 heavy (non-hydrogen) atoms. The zero-order chi connectivity index (χ0) is 20.6. The monoisotopic (exact) mass is 411 g/mol. The summed E-state index contributed by atoms with van der Waals surface area (Å²) in [6.45, 7) is 6.34. The van der Waals surface area contributed by atoms with Gasteiger partial charge in [-0.1, -0.05) is 12.1 Å². The van der Waals surface area contributed by atoms with Crippen LogP contribution in [0.3, 0.4) is 0 Å². The molecular formula is C23H29N3O2S. The lowest BCUT2D eigenvalue weighted by atomic mass is 10.1. The molecule has 0 atom stereocenters. The van der Waals surface area contributed by atoms with Crippen molar-refractivity contribution < 1.29 is 9.53 Å². The summed E-state index contributed by atoms with van der Waals surface area (Å²) in [6, 6.07) is 15.5. The molecule has 0 aromatic heterocycles. The van der Waals surface area contributed by atoms with E-state index in [0.29, 0.717) is 11.7 Å². The van der Waals surface area contributed by atoms with Crippen LogP contribution in [-0.4, -0.2) is 35.1 Å². The molecule has 0 unspecified atom stereocenters. The van der Waals surface area contributed by atoms with Gasteiger partial charge in [0.2, 0.25) is 0 Å². The van der Waals surface area contributed by atoms with Crippen LogP contribution in [0.15, 0.2) is 48.5 Å². The molecule has 0 bridgehead atoms. The van der Waals surface area contributed by atoms with Crippen LogP contribution in [0, 0.1) is 0 Å². The Kier molecular flexibility index (Phi) is 7.47. The molecule has 2 aromatic rings. The van der Waals surface area contributed by atoms with Gasteiger partial charge in [0.05, 0.1) is 6.10 Å². The first kappa shape index (κ1) is 21.1. The molecule has 3 rings (SSSR count). The second-order valence-corrected chi connectivity index (χ2v) is 7.96. The molecule has 1 aliphatic rings. The highest BCUT2D eigenvalue weighted by Gasteiger charge is 2.17. The molecule has 1 heterocycles. The maximum Gasteiger partial charge on any atom is 0.253 e. The van der Waals surface area contributed by atoms with Gasteiger partial charge in [-0.2, -0.15) is 0 Å². The van der Waals surface area contributed by atoms with Crippen LogP contribution in [0.4, 0.5) is 5.69 Å². The number of carbonyl (C=O) groups excluding carboxylic acids is 1. The predicted octanol–water partition coefficient (Wildman–Crippen LogP) is 4.59. The van der Waals surface area contributed by atoms with Crippen molar-refractivity contribution >= 4 is 28.9 Å². The summed E-state index contributed by atoms with van der Waals surface area (Å²) < 4.78 is 5.72. The highest BCUT2D eigenvalue weighted by Crippen LogP contribution is 2.16. The van der Waals surface area contributed by atoms with Crippen molar-refractivity contribution in [2.75, 3.05) is 18.4 Å². The number of rotatable bonds is 6. The number of benzene rings is 2. The van der Waals surface area contributed by atoms with Crippen molar-refractivity contribution in [2.24, 2.45) is 0 Å². The SMILES string of the molecule is CC(C)Oc1cccc(CNC(=S)Nc2ccc(C(=O)N3CCCCC3)cc2)c1. The van der Waals surface area contributed by atoms with Crippen LogP contribution < -0.4 is 15.4 Å². The molecule has 2 aromatic carbocycles. The van der Waals surface area contributed by atoms with Gasteiger partial charge in [-0.25, -0.2) is 0 Å². The molecule has 1 fully saturated rings. The van der Waals surface area contributed by atoms with E-state index < -0.39 is 0 Å². The molecule has 2 N–H and O–H groups in total. The number of amides is 1. The van der Waals surface area contributed by atoms with E-state index in [1.54, 1.807) is 0 Å². The number of ether oxygens (including phenoxy) is 1. The zero-order valence-electron chi connectivity index (χ0n) is 17.1. The first-order chi connectivity index (χ1) is 14.0. The Bertz CT molecular complexity index is 830. The van der Waals surface area contributed by atoms with Crippen molar-refractivity contribution in [2.45, 2.75) is 45.8 Å². The largest absolute Gasteiger partial charge is 0.491 e. The van der Waals surface area contributed by atoms with E-state index >= 15 is 0 Å². The van der Waals surface area contributed by atoms with Crippen LogP contribution >= 0.6 is 12.2 Å². The van der Waals surface area contributed by atoms with Crippen LogP contribution in [0.1, 0.15) is 49.0 Å². The fraction of sp³-hybridized carbons (Fsp3) is 0.391. The van der Waals surface area contributed by atoms with Gasteiger partial charge < -0.3 is 20.3 Å². The third-order valence-corrected chi connectivity index (χ3v) is 5.00. The van der Waals surface area contributed by atoms with Crippen LogP contribution in [0.25, 0.3) is 0 Å². The molecule has 0 spiro atoms. The highest BCUT2D eigenvalue weighted by atomic mass is 32.1. The summed E-state index contributed by atoms with van der Waals surface area (Å²) in [6.07, 6.45) is 3.55. The Hall–Kier alpha value is -2.60. The van der Waals surface area contributed by atoms with E-state index in [2.05, 4.69) is 10.6 Å². The van der Waals surface area contributed by atoms with E-state index in [4.69, 9.17) is 17.0 Å². The molecule has 154 valence electrons. The Balaban J connectivity index is 1.50. The number of anilines is 1. The predicted molar refractivity (Wildman–Crippen MR) is 121 cm³/mol. The average Bonchev–Trinajstić information content (AvgIpc) is 2.73. The maximum atomic E-state index is 12.5. The Morgan fingerprint density at radius 2 is 1.83 bits per heavy atom. The smallest absolute Gasteiger partial charge is 0.253 e. The van der Waals surface area contributed by atoms with Gasteiger partial charge in [-0.3, -0.25) is 4.79 Å². The van der Waals surface area contributed by atoms with Gasteiger partial charge in [0.1, 0.15) is 5.75 Å². The minimum absolute atomic E-state index is 0.112. The summed E-state index contributed by atoms with van der Waals surface area (Å²) in [5, 5.41) is 6.91. The lowest BCUT2D eigenvalue weighted by Gasteiger charge is -2.26. The third-order valence-electron chi connectivity index (χ3n) is 4.76. The maximum absolute atomic E-state index is 12.5. The standard InChI is InChI=1S/C23H29N3O2S/c1-17(2)28-21-8-6-7-18(15-21)16-24-23(29)25-20-11-9-19(10-12-20)22(27)26-13-4-3-5-14-26/h6-12,15,17H,3-5,13-14,16H2,1-2H3,(H2,24,25,29). The van der Waals surface area contributed by atoms with E-state index in [1.807, 2.05) is 67.3 Å². The van der Waals surface area contributed by atoms with Gasteiger partial charge in [0.15, 0.2) is 5.11 Å². The van der Waals surface area contributed by atoms with E-state index in [0.717, 1.165) is 48.5 Å². The average molecular weight is 412 g/mol. The van der Waals surface area contributed by atoms with Gasteiger partial charge in [-0.15, -0.1) is 0 Å². The summed E-state index contributed by atoms with van der Waals surface area (Å²) in [7, 11) is 0. The van der Waals surface area contributed by atoms with Crippen LogP contribution in [0.5, 0.6) is 5.75 Å². The Morgan fingerprint density at radius 3 is 2.52 bits per heavy atom. The van der Waals surface area contributed by atoms with E-state index in [-0.39, 0.29) is 12.0 Å². The fourth-order valence-corrected chi connectivity index (χ4v) is 3.52. The molecule has 1 saturated heterocycles. The molecule has 0 saturated carbocycles. The highest BCUT2D eigenvalue weighted by molar-refractivity contribution is 7.80. The molecule has 0 radical (unpaired) electrons. The quantitative estimate of drug-likeness (QED) is 0.681. The van der Waals surface area contributed by atoms with E-state index in [9.17, 15) is 4.79 Å². The van der Waals surface area contributed by atoms with E-state index in [1.165, 1.54) is 6.42 Å². The van der Waals surface area contributed by atoms with Crippen LogP contribution in [0.2, 0.25) is 0 Å². The van der Waals surface area contributed by atoms with Crippen LogP contribution in [-0.2, 0) is 6.54 Å². The Morgan fingerprint density at radius 1 is 1.10 bits per heavy atom. The molecule has 0 aliphatic carbocycles. The van der Waals surface area contributed by atoms with Crippen molar-refractivity contribution in [1.82, 2.24) is 10.2 Å². The number of piperidine rings is 1. The number of likely N-dealkylation sites (tertiary alicyclic amines) is 1. The lowest BCUT2D eigenvalue weighted by molar-refractivity contribution is 0.0724. The molecule has 1 aliphatic heterocycles. The molecule has 1 amide bonds. The molecule has 5 nitrogen and oxygen atoms in total. The molecule has 6 heteroatoms. The summed E-state index contributed by atoms with van der Waals surface area (Å²) in [5.41, 5.74) is 2.67. The molecular weight excluding hydrogens is 382 g/mol. The summed E-state index contributed by atoms with van der Waals surface area (Å²) in [4.78, 5) is 14.5. The van der Waals surface area contributed by atoms with Crippen molar-refractivity contribution in [3.63, 3.8) is 0 Å². The first-order valence-corrected chi connectivity index (χ1v) is 10.6. The zero-order valence-corrected chi connectivity index (χ0v) is 17.9. The first-order valence-electron chi connectivity index (χ1n) is 10.2. The Labute approximate surface area is 178 Å². The van der Waals surface area contributed by atoms with Gasteiger partial charge in [0.25, 0.3) is 5.91 Å². The lowest BCUT2D eigenvalue weighted by Crippen LogP contribution is -2.35. The topological polar surface area (TPSA) is 53.6 Å². The minimum Gasteiger partial charge on any atom is -0.491 e. The van der Waals surface area contributed by atoms with Gasteiger partial charge in [-0.05, 0) is 87.3 Å². The number of carbonyl (C=O) groups is 1. The van der Waals surface area contributed by atoms with Crippen molar-refractivity contribution in [3.8, 4) is 5.75 Å². The number of nitrogens with zero attached hydrogens (tertiary/aromatic N) is 1. The van der Waals surface area contributed by atoms with Gasteiger partial charge >= 0.3 is 0 Å². The number of hydrogen-bond donors (Lipinski definition) is 2. The summed E-state index contributed by atoms with van der Waals surface area (Å²) in [5.74, 6) is 0.965.